The fourth-order valence-electron chi connectivity index (χ4n) is 7.50. The largest absolute Gasteiger partial charge is 0.493 e. The van der Waals surface area contributed by atoms with Crippen molar-refractivity contribution in [3.63, 3.8) is 0 Å². The van der Waals surface area contributed by atoms with Gasteiger partial charge < -0.3 is 24.0 Å². The number of carboxylic acid groups (broad SMARTS) is 1. The van der Waals surface area contributed by atoms with E-state index < -0.39 is 5.97 Å². The topological polar surface area (TPSA) is 63.9 Å². The van der Waals surface area contributed by atoms with Crippen molar-refractivity contribution in [2.24, 2.45) is 0 Å². The Morgan fingerprint density at radius 2 is 1.35 bits per heavy atom. The highest BCUT2D eigenvalue weighted by molar-refractivity contribution is 6.05. The highest BCUT2D eigenvalue weighted by atomic mass is 16.5. The predicted octanol–water partition coefficient (Wildman–Crippen LogP) is 9.72. The molecular weight excluding hydrogens is 633 g/mol. The quantitative estimate of drug-likeness (QED) is 0.139. The van der Waals surface area contributed by atoms with Gasteiger partial charge in [-0.25, -0.2) is 4.79 Å². The maximum absolute atomic E-state index is 13.3. The van der Waals surface area contributed by atoms with Crippen molar-refractivity contribution >= 4 is 33.3 Å². The molecule has 6 nitrogen and oxygen atoms in total. The van der Waals surface area contributed by atoms with Crippen molar-refractivity contribution in [2.75, 3.05) is 37.8 Å². The molecule has 0 atom stereocenters. The normalized spacial score (nSPS) is 13.1. The first-order valence-electron chi connectivity index (χ1n) is 17.7. The molecule has 6 heteroatoms. The molecule has 0 aliphatic carbocycles. The maximum Gasteiger partial charge on any atom is 0.352 e. The number of carboxylic acids is 1. The highest BCUT2D eigenvalue weighted by Crippen LogP contribution is 2.40. The van der Waals surface area contributed by atoms with E-state index in [2.05, 4.69) is 102 Å². The predicted molar refractivity (Wildman–Crippen MR) is 206 cm³/mol. The molecule has 0 radical (unpaired) electrons. The zero-order chi connectivity index (χ0) is 34.6. The van der Waals surface area contributed by atoms with Crippen LogP contribution in [0.5, 0.6) is 5.75 Å². The molecule has 0 spiro atoms. The third-order valence-electron chi connectivity index (χ3n) is 9.92. The minimum absolute atomic E-state index is 0.332. The molecule has 1 saturated heterocycles. The van der Waals surface area contributed by atoms with Gasteiger partial charge in [-0.3, -0.25) is 0 Å². The summed E-state index contributed by atoms with van der Waals surface area (Å²) in [6.45, 7) is 3.88. The zero-order valence-corrected chi connectivity index (χ0v) is 28.5. The highest BCUT2D eigenvalue weighted by Gasteiger charge is 2.26. The molecule has 0 bridgehead atoms. The Morgan fingerprint density at radius 1 is 0.686 bits per heavy atom. The monoisotopic (exact) mass is 672 g/mol. The van der Waals surface area contributed by atoms with Gasteiger partial charge in [0.25, 0.3) is 0 Å². The van der Waals surface area contributed by atoms with Gasteiger partial charge in [-0.2, -0.15) is 0 Å². The Hall–Kier alpha value is -5.85. The molecule has 1 fully saturated rings. The number of ether oxygens (including phenoxy) is 2. The van der Waals surface area contributed by atoms with Gasteiger partial charge in [0, 0.05) is 47.2 Å². The summed E-state index contributed by atoms with van der Waals surface area (Å²) < 4.78 is 14.0. The number of anilines is 1. The minimum atomic E-state index is -0.926. The van der Waals surface area contributed by atoms with E-state index in [4.69, 9.17) is 9.47 Å². The van der Waals surface area contributed by atoms with Crippen LogP contribution in [0.3, 0.4) is 0 Å². The van der Waals surface area contributed by atoms with Crippen LogP contribution in [-0.4, -0.2) is 48.6 Å². The Morgan fingerprint density at radius 3 is 2.18 bits per heavy atom. The number of morpholine rings is 1. The fraction of sp³-hybridized carbons (Fsp3) is 0.178. The summed E-state index contributed by atoms with van der Waals surface area (Å²) in [5, 5.41) is 14.1. The number of para-hydroxylation sites is 2. The SMILES string of the molecule is O=C(O)c1c(CCCOc2cccc3ccccc23)c2cccc(-c3ccccc3N3CCOCC3)c2n1Cc1ccc(-c2ccccc2)cc1. The Bertz CT molecular complexity index is 2300. The lowest BCUT2D eigenvalue weighted by Gasteiger charge is -2.31. The van der Waals surface area contributed by atoms with Gasteiger partial charge >= 0.3 is 5.97 Å². The first kappa shape index (κ1) is 32.4. The molecule has 1 aliphatic heterocycles. The van der Waals surface area contributed by atoms with Gasteiger partial charge in [0.15, 0.2) is 0 Å². The third-order valence-corrected chi connectivity index (χ3v) is 9.92. The number of carbonyl (C=O) groups is 1. The molecule has 0 amide bonds. The third kappa shape index (κ3) is 6.58. The molecule has 7 aromatic rings. The summed E-state index contributed by atoms with van der Waals surface area (Å²) >= 11 is 0. The van der Waals surface area contributed by atoms with Crippen LogP contribution in [0, 0.1) is 0 Å². The second-order valence-corrected chi connectivity index (χ2v) is 13.0. The lowest BCUT2D eigenvalue weighted by molar-refractivity contribution is 0.0684. The number of fused-ring (bicyclic) bond motifs is 2. The van der Waals surface area contributed by atoms with Crippen LogP contribution in [0.1, 0.15) is 28.0 Å². The summed E-state index contributed by atoms with van der Waals surface area (Å²) in [4.78, 5) is 15.7. The van der Waals surface area contributed by atoms with Gasteiger partial charge in [0.1, 0.15) is 11.4 Å². The second-order valence-electron chi connectivity index (χ2n) is 13.0. The maximum atomic E-state index is 13.3. The van der Waals surface area contributed by atoms with E-state index in [0.29, 0.717) is 44.9 Å². The molecule has 1 N–H and O–H groups in total. The summed E-state index contributed by atoms with van der Waals surface area (Å²) in [7, 11) is 0. The summed E-state index contributed by atoms with van der Waals surface area (Å²) in [5.41, 5.74) is 8.67. The van der Waals surface area contributed by atoms with Crippen LogP contribution in [0.15, 0.2) is 140 Å². The van der Waals surface area contributed by atoms with Crippen molar-refractivity contribution < 1.29 is 19.4 Å². The van der Waals surface area contributed by atoms with Gasteiger partial charge in [0.05, 0.1) is 25.3 Å². The summed E-state index contributed by atoms with van der Waals surface area (Å²) in [5.74, 6) is -0.0839. The van der Waals surface area contributed by atoms with E-state index in [-0.39, 0.29) is 0 Å². The van der Waals surface area contributed by atoms with Crippen LogP contribution in [-0.2, 0) is 17.7 Å². The van der Waals surface area contributed by atoms with Gasteiger partial charge in [-0.05, 0) is 52.6 Å². The van der Waals surface area contributed by atoms with E-state index in [1.165, 1.54) is 0 Å². The van der Waals surface area contributed by atoms with E-state index in [0.717, 1.165) is 79.6 Å². The van der Waals surface area contributed by atoms with Crippen molar-refractivity contribution in [3.8, 4) is 28.0 Å². The minimum Gasteiger partial charge on any atom is -0.493 e. The first-order chi connectivity index (χ1) is 25.2. The smallest absolute Gasteiger partial charge is 0.352 e. The number of aromatic carboxylic acids is 1. The van der Waals surface area contributed by atoms with Crippen molar-refractivity contribution in [2.45, 2.75) is 19.4 Å². The number of aryl methyl sites for hydroxylation is 1. The van der Waals surface area contributed by atoms with Crippen LogP contribution >= 0.6 is 0 Å². The number of hydrogen-bond acceptors (Lipinski definition) is 4. The van der Waals surface area contributed by atoms with Gasteiger partial charge in [-0.1, -0.05) is 127 Å². The van der Waals surface area contributed by atoms with E-state index in [9.17, 15) is 9.90 Å². The van der Waals surface area contributed by atoms with Crippen molar-refractivity contribution in [3.05, 3.63) is 156 Å². The lowest BCUT2D eigenvalue weighted by atomic mass is 9.98. The lowest BCUT2D eigenvalue weighted by Crippen LogP contribution is -2.36. The van der Waals surface area contributed by atoms with Crippen LogP contribution in [0.25, 0.3) is 43.9 Å². The average Bonchev–Trinajstić information content (AvgIpc) is 3.50. The molecule has 1 aromatic heterocycles. The van der Waals surface area contributed by atoms with E-state index in [1.54, 1.807) is 0 Å². The van der Waals surface area contributed by atoms with Crippen LogP contribution in [0.2, 0.25) is 0 Å². The molecule has 8 rings (SSSR count). The Labute approximate surface area is 298 Å². The second kappa shape index (κ2) is 14.6. The number of nitrogens with zero attached hydrogens (tertiary/aromatic N) is 2. The molecule has 0 saturated carbocycles. The van der Waals surface area contributed by atoms with E-state index in [1.807, 2.05) is 47.0 Å². The molecule has 2 heterocycles. The van der Waals surface area contributed by atoms with Gasteiger partial charge in [-0.15, -0.1) is 0 Å². The summed E-state index contributed by atoms with van der Waals surface area (Å²) in [6, 6.07) is 47.8. The van der Waals surface area contributed by atoms with Gasteiger partial charge in [0.2, 0.25) is 0 Å². The van der Waals surface area contributed by atoms with Crippen molar-refractivity contribution in [1.82, 2.24) is 4.57 Å². The van der Waals surface area contributed by atoms with Crippen molar-refractivity contribution in [1.29, 1.82) is 0 Å². The Kier molecular flexibility index (Phi) is 9.24. The van der Waals surface area contributed by atoms with Crippen LogP contribution < -0.4 is 9.64 Å². The number of rotatable bonds is 11. The molecule has 1 aliphatic rings. The Balaban J connectivity index is 1.20. The first-order valence-corrected chi connectivity index (χ1v) is 17.7. The fourth-order valence-corrected chi connectivity index (χ4v) is 7.50. The molecule has 0 unspecified atom stereocenters. The number of hydrogen-bond donors (Lipinski definition) is 1. The molecule has 6 aromatic carbocycles. The molecular formula is C45H40N2O4. The molecule has 254 valence electrons. The standard InChI is InChI=1S/C45H40N2O4/c48-45(49)44-40(19-10-28-51-42-21-8-14-35-13-4-5-15-36(35)42)39-18-9-17-38(37-16-6-7-20-41(37)46-26-29-50-30-27-46)43(39)47(44)31-32-22-24-34(25-23-32)33-11-2-1-3-12-33/h1-9,11-18,20-25H,10,19,26-31H2,(H,48,49). The average molecular weight is 673 g/mol. The zero-order valence-electron chi connectivity index (χ0n) is 28.5. The summed E-state index contributed by atoms with van der Waals surface area (Å²) in [6.07, 6.45) is 1.24. The van der Waals surface area contributed by atoms with Crippen LogP contribution in [0.4, 0.5) is 5.69 Å². The molecule has 51 heavy (non-hydrogen) atoms. The number of aromatic nitrogens is 1. The van der Waals surface area contributed by atoms with E-state index >= 15 is 0 Å². The number of benzene rings is 6.